The normalized spacial score (nSPS) is 14.4. The van der Waals surface area contributed by atoms with Gasteiger partial charge in [-0.2, -0.15) is 0 Å². The number of amides is 1. The fourth-order valence-electron chi connectivity index (χ4n) is 3.30. The van der Waals surface area contributed by atoms with Gasteiger partial charge in [0.1, 0.15) is 6.33 Å². The van der Waals surface area contributed by atoms with Crippen molar-refractivity contribution in [2.75, 3.05) is 37.7 Å². The van der Waals surface area contributed by atoms with Gasteiger partial charge in [0, 0.05) is 44.3 Å². The van der Waals surface area contributed by atoms with Crippen LogP contribution in [0.15, 0.2) is 41.7 Å². The lowest BCUT2D eigenvalue weighted by Crippen LogP contribution is -2.49. The van der Waals surface area contributed by atoms with Gasteiger partial charge in [-0.25, -0.2) is 23.7 Å². The lowest BCUT2D eigenvalue weighted by atomic mass is 10.2. The van der Waals surface area contributed by atoms with Crippen molar-refractivity contribution in [2.45, 2.75) is 6.43 Å². The maximum atomic E-state index is 12.5. The Morgan fingerprint density at radius 3 is 2.70 bits per heavy atom. The number of H-pyrrole nitrogens is 1. The molecule has 0 radical (unpaired) electrons. The molecule has 0 bridgehead atoms. The number of carbonyl (C=O) groups is 1. The zero-order valence-corrected chi connectivity index (χ0v) is 15.8. The molecule has 2 aromatic heterocycles. The van der Waals surface area contributed by atoms with Gasteiger partial charge in [-0.3, -0.25) is 9.59 Å². The smallest absolute Gasteiger partial charge is 0.279 e. The fraction of sp³-hybridized carbons (Fsp3) is 0.316. The number of nitrogens with one attached hydrogen (secondary N) is 1. The monoisotopic (exact) mass is 416 g/mol. The fourth-order valence-corrected chi connectivity index (χ4v) is 3.30. The second-order valence-electron chi connectivity index (χ2n) is 6.63. The molecular weight excluding hydrogens is 398 g/mol. The van der Waals surface area contributed by atoms with E-state index in [0.717, 1.165) is 5.69 Å². The van der Waals surface area contributed by atoms with Crippen LogP contribution in [-0.2, 0) is 0 Å². The van der Waals surface area contributed by atoms with Crippen LogP contribution in [0.3, 0.4) is 0 Å². The van der Waals surface area contributed by atoms with Crippen LogP contribution in [0.4, 0.5) is 14.5 Å². The van der Waals surface area contributed by atoms with Crippen molar-refractivity contribution in [2.24, 2.45) is 0 Å². The Labute approximate surface area is 169 Å². The van der Waals surface area contributed by atoms with Gasteiger partial charge in [0.25, 0.3) is 17.9 Å². The second kappa shape index (κ2) is 8.39. The summed E-state index contributed by atoms with van der Waals surface area (Å²) in [4.78, 5) is 42.4. The number of hydrogen-bond donors (Lipinski definition) is 1. The average molecular weight is 416 g/mol. The molecule has 156 valence electrons. The van der Waals surface area contributed by atoms with E-state index in [4.69, 9.17) is 4.74 Å². The van der Waals surface area contributed by atoms with E-state index in [1.54, 1.807) is 17.0 Å². The topological polar surface area (TPSA) is 104 Å². The maximum absolute atomic E-state index is 12.5. The van der Waals surface area contributed by atoms with Gasteiger partial charge >= 0.3 is 0 Å². The quantitative estimate of drug-likeness (QED) is 0.669. The standard InChI is InChI=1S/C19H18F2N6O3/c20-15(21)10-30-18-13-9-12(1-2-14(13)24-11-25-18)26-5-7-27(8-6-26)19(29)16-17(28)23-4-3-22-16/h1-4,9,11,15H,5-8,10H2,(H,23,28). The molecule has 30 heavy (non-hydrogen) atoms. The molecule has 3 aromatic rings. The van der Waals surface area contributed by atoms with Crippen molar-refractivity contribution in [3.05, 3.63) is 53.0 Å². The molecular formula is C19H18F2N6O3. The Hall–Kier alpha value is -3.63. The molecule has 0 saturated carbocycles. The highest BCUT2D eigenvalue weighted by molar-refractivity contribution is 5.92. The number of nitrogens with zero attached hydrogens (tertiary/aromatic N) is 5. The van der Waals surface area contributed by atoms with E-state index in [1.807, 2.05) is 6.07 Å². The van der Waals surface area contributed by atoms with E-state index in [1.165, 1.54) is 18.7 Å². The van der Waals surface area contributed by atoms with Gasteiger partial charge in [-0.15, -0.1) is 0 Å². The van der Waals surface area contributed by atoms with Crippen LogP contribution in [0.25, 0.3) is 10.9 Å². The highest BCUT2D eigenvalue weighted by Crippen LogP contribution is 2.27. The van der Waals surface area contributed by atoms with Gasteiger partial charge in [0.15, 0.2) is 12.3 Å². The third-order valence-corrected chi connectivity index (χ3v) is 4.77. The summed E-state index contributed by atoms with van der Waals surface area (Å²) in [6.07, 6.45) is 1.41. The number of hydrogen-bond acceptors (Lipinski definition) is 7. The molecule has 1 N–H and O–H groups in total. The Bertz CT molecular complexity index is 1110. The van der Waals surface area contributed by atoms with Crippen LogP contribution in [0, 0.1) is 0 Å². The third-order valence-electron chi connectivity index (χ3n) is 4.77. The maximum Gasteiger partial charge on any atom is 0.279 e. The first-order valence-electron chi connectivity index (χ1n) is 9.26. The summed E-state index contributed by atoms with van der Waals surface area (Å²) in [7, 11) is 0. The predicted molar refractivity (Wildman–Crippen MR) is 104 cm³/mol. The highest BCUT2D eigenvalue weighted by atomic mass is 19.3. The van der Waals surface area contributed by atoms with Crippen molar-refractivity contribution in [1.82, 2.24) is 24.8 Å². The Kier molecular flexibility index (Phi) is 5.50. The molecule has 9 nitrogen and oxygen atoms in total. The molecule has 3 heterocycles. The number of rotatable bonds is 5. The number of halogens is 2. The number of ether oxygens (including phenoxy) is 1. The number of aromatic nitrogens is 4. The Balaban J connectivity index is 1.49. The first-order valence-corrected chi connectivity index (χ1v) is 9.26. The van der Waals surface area contributed by atoms with Gasteiger partial charge in [0.05, 0.1) is 10.9 Å². The van der Waals surface area contributed by atoms with Crippen molar-refractivity contribution in [3.8, 4) is 5.88 Å². The third kappa shape index (κ3) is 4.04. The molecule has 1 aliphatic heterocycles. The van der Waals surface area contributed by atoms with E-state index in [-0.39, 0.29) is 11.6 Å². The van der Waals surface area contributed by atoms with Crippen LogP contribution < -0.4 is 15.2 Å². The Morgan fingerprint density at radius 2 is 1.97 bits per heavy atom. The van der Waals surface area contributed by atoms with Crippen LogP contribution in [0.5, 0.6) is 5.88 Å². The first kappa shape index (κ1) is 19.7. The van der Waals surface area contributed by atoms with Crippen LogP contribution in [0.2, 0.25) is 0 Å². The first-order chi connectivity index (χ1) is 14.5. The lowest BCUT2D eigenvalue weighted by Gasteiger charge is -2.36. The summed E-state index contributed by atoms with van der Waals surface area (Å²) >= 11 is 0. The lowest BCUT2D eigenvalue weighted by molar-refractivity contribution is 0.0738. The number of fused-ring (bicyclic) bond motifs is 1. The van der Waals surface area contributed by atoms with Gasteiger partial charge < -0.3 is 19.5 Å². The van der Waals surface area contributed by atoms with Crippen LogP contribution >= 0.6 is 0 Å². The van der Waals surface area contributed by atoms with E-state index in [9.17, 15) is 18.4 Å². The zero-order chi connectivity index (χ0) is 21.1. The summed E-state index contributed by atoms with van der Waals surface area (Å²) < 4.78 is 30.1. The molecule has 1 aromatic carbocycles. The number of anilines is 1. The van der Waals surface area contributed by atoms with Crippen LogP contribution in [-0.4, -0.2) is 70.0 Å². The summed E-state index contributed by atoms with van der Waals surface area (Å²) in [5.74, 6) is -0.309. The molecule has 1 saturated heterocycles. The van der Waals surface area contributed by atoms with E-state index in [2.05, 4.69) is 24.8 Å². The number of piperazine rings is 1. The molecule has 1 fully saturated rings. The minimum Gasteiger partial charge on any atom is -0.471 e. The number of aromatic amines is 1. The van der Waals surface area contributed by atoms with E-state index in [0.29, 0.717) is 37.1 Å². The van der Waals surface area contributed by atoms with Crippen molar-refractivity contribution in [1.29, 1.82) is 0 Å². The van der Waals surface area contributed by atoms with Crippen molar-refractivity contribution < 1.29 is 18.3 Å². The Morgan fingerprint density at radius 1 is 1.17 bits per heavy atom. The molecule has 0 aliphatic carbocycles. The number of benzene rings is 1. The van der Waals surface area contributed by atoms with E-state index >= 15 is 0 Å². The largest absolute Gasteiger partial charge is 0.471 e. The molecule has 1 aliphatic rings. The van der Waals surface area contributed by atoms with E-state index < -0.39 is 24.5 Å². The molecule has 0 atom stereocenters. The summed E-state index contributed by atoms with van der Waals surface area (Å²) in [6.45, 7) is 1.13. The predicted octanol–water partition coefficient (Wildman–Crippen LogP) is 1.32. The van der Waals surface area contributed by atoms with Crippen LogP contribution in [0.1, 0.15) is 10.5 Å². The molecule has 4 rings (SSSR count). The second-order valence-corrected chi connectivity index (χ2v) is 6.63. The number of carbonyl (C=O) groups excluding carboxylic acids is 1. The molecule has 11 heteroatoms. The molecule has 0 spiro atoms. The minimum atomic E-state index is -2.60. The average Bonchev–Trinajstić information content (AvgIpc) is 2.77. The van der Waals surface area contributed by atoms with Gasteiger partial charge in [-0.1, -0.05) is 0 Å². The van der Waals surface area contributed by atoms with Gasteiger partial charge in [0.2, 0.25) is 5.88 Å². The summed E-state index contributed by atoms with van der Waals surface area (Å²) in [5.41, 5.74) is 0.772. The highest BCUT2D eigenvalue weighted by Gasteiger charge is 2.25. The summed E-state index contributed by atoms with van der Waals surface area (Å²) in [6, 6.07) is 5.43. The summed E-state index contributed by atoms with van der Waals surface area (Å²) in [5, 5.41) is 0.536. The molecule has 0 unspecified atom stereocenters. The van der Waals surface area contributed by atoms with Gasteiger partial charge in [-0.05, 0) is 18.2 Å². The molecule has 1 amide bonds. The SMILES string of the molecule is O=C(c1ncc[nH]c1=O)N1CCN(c2ccc3ncnc(OCC(F)F)c3c2)CC1. The minimum absolute atomic E-state index is 0.102. The van der Waals surface area contributed by atoms with Crippen molar-refractivity contribution >= 4 is 22.5 Å². The van der Waals surface area contributed by atoms with Crippen molar-refractivity contribution in [3.63, 3.8) is 0 Å². The number of alkyl halides is 2. The zero-order valence-electron chi connectivity index (χ0n) is 15.8.